The van der Waals surface area contributed by atoms with Crippen LogP contribution in [0.25, 0.3) is 0 Å². The maximum atomic E-state index is 12.1. The van der Waals surface area contributed by atoms with E-state index < -0.39 is 18.0 Å². The first-order chi connectivity index (χ1) is 19.8. The van der Waals surface area contributed by atoms with Crippen molar-refractivity contribution >= 4 is 11.9 Å². The number of aryl methyl sites for hydroxylation is 1. The molecule has 1 N–H and O–H groups in total. The van der Waals surface area contributed by atoms with Gasteiger partial charge < -0.3 is 14.6 Å². The highest BCUT2D eigenvalue weighted by Gasteiger charge is 2.31. The highest BCUT2D eigenvalue weighted by atomic mass is 16.5. The summed E-state index contributed by atoms with van der Waals surface area (Å²) in [5.74, 6) is 2.27. The molecule has 0 amide bonds. The number of ether oxygens (including phenoxy) is 2. The Morgan fingerprint density at radius 3 is 2.15 bits per heavy atom. The fourth-order valence-electron chi connectivity index (χ4n) is 6.81. The summed E-state index contributed by atoms with van der Waals surface area (Å²) in [6, 6.07) is 9.02. The molecule has 2 fully saturated rings. The Kier molecular flexibility index (Phi) is 14.2. The topological polar surface area (TPSA) is 72.8 Å². The van der Waals surface area contributed by atoms with Gasteiger partial charge >= 0.3 is 11.9 Å². The molecule has 5 heteroatoms. The van der Waals surface area contributed by atoms with E-state index >= 15 is 0 Å². The predicted octanol–water partition coefficient (Wildman–Crippen LogP) is 8.11. The summed E-state index contributed by atoms with van der Waals surface area (Å²) >= 11 is 0. The predicted molar refractivity (Wildman–Crippen MR) is 165 cm³/mol. The van der Waals surface area contributed by atoms with Crippen molar-refractivity contribution in [3.05, 3.63) is 60.2 Å². The summed E-state index contributed by atoms with van der Waals surface area (Å²) in [6.07, 6.45) is 18.5. The van der Waals surface area contributed by atoms with E-state index in [2.05, 4.69) is 44.3 Å². The summed E-state index contributed by atoms with van der Waals surface area (Å²) in [5.41, 5.74) is 2.69. The van der Waals surface area contributed by atoms with E-state index in [0.29, 0.717) is 12.3 Å². The Bertz CT molecular complexity index is 949. The molecule has 2 unspecified atom stereocenters. The van der Waals surface area contributed by atoms with Crippen molar-refractivity contribution in [1.29, 1.82) is 0 Å². The maximum Gasteiger partial charge on any atom is 0.336 e. The SMILES string of the molecule is C=CC(=O)OCC(CCc1ccc(C2CCC(C3CCC(CCCCC)CC3)CC2)cc1)COC(=O)C(=C)C(C)O. The molecule has 1 aromatic carbocycles. The first kappa shape index (κ1) is 33.1. The molecular weight excluding hydrogens is 512 g/mol. The molecule has 0 saturated heterocycles. The van der Waals surface area contributed by atoms with Gasteiger partial charge in [0, 0.05) is 12.0 Å². The van der Waals surface area contributed by atoms with Gasteiger partial charge in [-0.15, -0.1) is 0 Å². The molecule has 3 rings (SSSR count). The average molecular weight is 567 g/mol. The molecule has 2 saturated carbocycles. The van der Waals surface area contributed by atoms with Crippen molar-refractivity contribution in [2.24, 2.45) is 23.7 Å². The zero-order valence-corrected chi connectivity index (χ0v) is 25.7. The second-order valence-electron chi connectivity index (χ2n) is 12.7. The van der Waals surface area contributed by atoms with Crippen molar-refractivity contribution in [3.8, 4) is 0 Å². The molecule has 0 bridgehead atoms. The van der Waals surface area contributed by atoms with Crippen LogP contribution in [0.2, 0.25) is 0 Å². The number of hydrogen-bond donors (Lipinski definition) is 1. The number of aliphatic hydroxyl groups excluding tert-OH is 1. The molecule has 0 aliphatic heterocycles. The van der Waals surface area contributed by atoms with Gasteiger partial charge in [0.15, 0.2) is 0 Å². The molecule has 0 spiro atoms. The number of carbonyl (C=O) groups is 2. The summed E-state index contributed by atoms with van der Waals surface area (Å²) in [6.45, 7) is 11.0. The first-order valence-corrected chi connectivity index (χ1v) is 16.2. The molecular formula is C36H54O5. The van der Waals surface area contributed by atoms with Gasteiger partial charge in [0.05, 0.1) is 24.9 Å². The molecule has 2 atom stereocenters. The summed E-state index contributed by atoms with van der Waals surface area (Å²) < 4.78 is 10.6. The molecule has 0 radical (unpaired) electrons. The lowest BCUT2D eigenvalue weighted by atomic mass is 9.68. The van der Waals surface area contributed by atoms with Gasteiger partial charge in [-0.3, -0.25) is 0 Å². The minimum absolute atomic E-state index is 0.0154. The van der Waals surface area contributed by atoms with E-state index in [1.165, 1.54) is 95.1 Å². The molecule has 1 aromatic rings. The van der Waals surface area contributed by atoms with E-state index in [0.717, 1.165) is 30.3 Å². The number of esters is 2. The third-order valence-corrected chi connectivity index (χ3v) is 9.68. The number of hydrogen-bond acceptors (Lipinski definition) is 5. The first-order valence-electron chi connectivity index (χ1n) is 16.2. The monoisotopic (exact) mass is 566 g/mol. The highest BCUT2D eigenvalue weighted by molar-refractivity contribution is 5.88. The van der Waals surface area contributed by atoms with Crippen LogP contribution >= 0.6 is 0 Å². The number of benzene rings is 1. The fraction of sp³-hybridized carbons (Fsp3) is 0.667. The van der Waals surface area contributed by atoms with Crippen LogP contribution in [-0.4, -0.2) is 36.4 Å². The summed E-state index contributed by atoms with van der Waals surface area (Å²) in [7, 11) is 0. The molecule has 0 heterocycles. The molecule has 5 nitrogen and oxygen atoms in total. The van der Waals surface area contributed by atoms with Crippen LogP contribution in [0.1, 0.15) is 114 Å². The molecule has 0 aromatic heterocycles. The van der Waals surface area contributed by atoms with Gasteiger partial charge in [-0.05, 0) is 93.1 Å². The molecule has 228 valence electrons. The van der Waals surface area contributed by atoms with Crippen molar-refractivity contribution in [3.63, 3.8) is 0 Å². The lowest BCUT2D eigenvalue weighted by molar-refractivity contribution is -0.144. The number of unbranched alkanes of at least 4 members (excludes halogenated alkanes) is 2. The second-order valence-corrected chi connectivity index (χ2v) is 12.7. The van der Waals surface area contributed by atoms with Crippen LogP contribution in [0.4, 0.5) is 0 Å². The molecule has 2 aliphatic rings. The van der Waals surface area contributed by atoms with Crippen molar-refractivity contribution in [1.82, 2.24) is 0 Å². The fourth-order valence-corrected chi connectivity index (χ4v) is 6.81. The highest BCUT2D eigenvalue weighted by Crippen LogP contribution is 2.44. The van der Waals surface area contributed by atoms with Crippen LogP contribution in [0.3, 0.4) is 0 Å². The minimum Gasteiger partial charge on any atom is -0.462 e. The van der Waals surface area contributed by atoms with Crippen LogP contribution < -0.4 is 0 Å². The standard InChI is InChI=1S/C36H54O5/c1-5-7-8-9-28-12-16-31(17-13-28)33-20-22-34(23-21-33)32-18-14-29(15-19-32)10-11-30(24-40-35(38)6-2)25-41-36(39)26(3)27(4)37/h6,14-15,18-19,27-28,30-31,33-34,37H,2-3,5,7-13,16-17,20-25H2,1,4H3. The third kappa shape index (κ3) is 11.1. The molecule has 41 heavy (non-hydrogen) atoms. The van der Waals surface area contributed by atoms with Crippen LogP contribution in [0.5, 0.6) is 0 Å². The summed E-state index contributed by atoms with van der Waals surface area (Å²) in [5, 5.41) is 9.56. The van der Waals surface area contributed by atoms with E-state index in [-0.39, 0.29) is 24.7 Å². The Hall–Kier alpha value is -2.40. The lowest BCUT2D eigenvalue weighted by Crippen LogP contribution is -2.25. The van der Waals surface area contributed by atoms with Gasteiger partial charge in [0.25, 0.3) is 0 Å². The Balaban J connectivity index is 1.43. The Morgan fingerprint density at radius 1 is 0.951 bits per heavy atom. The zero-order valence-electron chi connectivity index (χ0n) is 25.7. The lowest BCUT2D eigenvalue weighted by Gasteiger charge is -2.38. The van der Waals surface area contributed by atoms with Gasteiger partial charge in [-0.1, -0.05) is 82.9 Å². The van der Waals surface area contributed by atoms with Crippen LogP contribution in [0, 0.1) is 23.7 Å². The quantitative estimate of drug-likeness (QED) is 0.124. The van der Waals surface area contributed by atoms with E-state index in [9.17, 15) is 14.7 Å². The maximum absolute atomic E-state index is 12.1. The van der Waals surface area contributed by atoms with Gasteiger partial charge in [-0.25, -0.2) is 9.59 Å². The van der Waals surface area contributed by atoms with Crippen molar-refractivity contribution in [2.45, 2.75) is 116 Å². The smallest absolute Gasteiger partial charge is 0.336 e. The Labute approximate surface area is 248 Å². The van der Waals surface area contributed by atoms with Crippen molar-refractivity contribution in [2.75, 3.05) is 13.2 Å². The van der Waals surface area contributed by atoms with E-state index in [4.69, 9.17) is 9.47 Å². The van der Waals surface area contributed by atoms with Gasteiger partial charge in [0.1, 0.15) is 0 Å². The van der Waals surface area contributed by atoms with Gasteiger partial charge in [-0.2, -0.15) is 0 Å². The largest absolute Gasteiger partial charge is 0.462 e. The Morgan fingerprint density at radius 2 is 1.56 bits per heavy atom. The normalized spacial score (nSPS) is 24.2. The van der Waals surface area contributed by atoms with Crippen LogP contribution in [0.15, 0.2) is 49.1 Å². The second kappa shape index (κ2) is 17.5. The average Bonchev–Trinajstić information content (AvgIpc) is 3.00. The van der Waals surface area contributed by atoms with Crippen molar-refractivity contribution < 1.29 is 24.2 Å². The molecule has 2 aliphatic carbocycles. The third-order valence-electron chi connectivity index (χ3n) is 9.68. The van der Waals surface area contributed by atoms with Crippen LogP contribution in [-0.2, 0) is 25.5 Å². The van der Waals surface area contributed by atoms with E-state index in [1.807, 2.05) is 0 Å². The number of carbonyl (C=O) groups excluding carboxylic acids is 2. The zero-order chi connectivity index (χ0) is 29.6. The number of rotatable bonds is 16. The summed E-state index contributed by atoms with van der Waals surface area (Å²) in [4.78, 5) is 23.7. The van der Waals surface area contributed by atoms with E-state index in [1.54, 1.807) is 0 Å². The number of aliphatic hydroxyl groups is 1. The minimum atomic E-state index is -0.965. The van der Waals surface area contributed by atoms with Gasteiger partial charge in [0.2, 0.25) is 0 Å².